The second-order valence-corrected chi connectivity index (χ2v) is 10.7. The van der Waals surface area contributed by atoms with Crippen molar-refractivity contribution in [1.82, 2.24) is 9.55 Å². The lowest BCUT2D eigenvalue weighted by Gasteiger charge is -2.45. The summed E-state index contributed by atoms with van der Waals surface area (Å²) in [5.41, 5.74) is 1.60. The molecule has 0 fully saturated rings. The highest BCUT2D eigenvalue weighted by molar-refractivity contribution is 9.10. The molecule has 3 heteroatoms. The molecule has 2 rings (SSSR count). The van der Waals surface area contributed by atoms with Crippen LogP contribution in [0.1, 0.15) is 92.9 Å². The SMILES string of the molecule is CC(C)C(CCCCCCCCCn1ccc2c(Br)ccnc21)(C(C)C)C(C)C. The predicted octanol–water partition coefficient (Wildman–Crippen LogP) is 8.87. The third-order valence-corrected chi connectivity index (χ3v) is 8.03. The van der Waals surface area contributed by atoms with Gasteiger partial charge in [-0.25, -0.2) is 4.98 Å². The molecule has 0 atom stereocenters. The Labute approximate surface area is 188 Å². The lowest BCUT2D eigenvalue weighted by atomic mass is 9.60. The number of fused-ring (bicyclic) bond motifs is 1. The second kappa shape index (κ2) is 11.5. The summed E-state index contributed by atoms with van der Waals surface area (Å²) >= 11 is 3.62. The van der Waals surface area contributed by atoms with Crippen molar-refractivity contribution in [3.63, 3.8) is 0 Å². The second-order valence-electron chi connectivity index (χ2n) is 9.84. The van der Waals surface area contributed by atoms with Crippen LogP contribution in [0.25, 0.3) is 11.0 Å². The molecule has 2 aromatic rings. The molecular weight excluding hydrogens is 420 g/mol. The molecule has 0 N–H and O–H groups in total. The Morgan fingerprint density at radius 2 is 1.38 bits per heavy atom. The van der Waals surface area contributed by atoms with Crippen LogP contribution in [-0.2, 0) is 6.54 Å². The Bertz CT molecular complexity index is 708. The van der Waals surface area contributed by atoms with Gasteiger partial charge in [0.15, 0.2) is 0 Å². The maximum absolute atomic E-state index is 4.54. The maximum Gasteiger partial charge on any atom is 0.140 e. The zero-order valence-electron chi connectivity index (χ0n) is 19.7. The van der Waals surface area contributed by atoms with Crippen molar-refractivity contribution < 1.29 is 0 Å². The minimum absolute atomic E-state index is 0.503. The largest absolute Gasteiger partial charge is 0.332 e. The van der Waals surface area contributed by atoms with Gasteiger partial charge in [0.1, 0.15) is 5.65 Å². The summed E-state index contributed by atoms with van der Waals surface area (Å²) in [6.45, 7) is 15.7. The fourth-order valence-corrected chi connectivity index (χ4v) is 6.13. The van der Waals surface area contributed by atoms with Crippen molar-refractivity contribution >= 4 is 27.0 Å². The Morgan fingerprint density at radius 3 is 1.97 bits per heavy atom. The molecule has 0 aromatic carbocycles. The van der Waals surface area contributed by atoms with Gasteiger partial charge in [0, 0.05) is 28.8 Å². The number of pyridine rings is 1. The summed E-state index contributed by atoms with van der Waals surface area (Å²) < 4.78 is 3.43. The van der Waals surface area contributed by atoms with E-state index in [1.54, 1.807) is 0 Å². The molecular formula is C26H43BrN2. The molecule has 2 aromatic heterocycles. The highest BCUT2D eigenvalue weighted by Gasteiger charge is 2.39. The fourth-order valence-electron chi connectivity index (χ4n) is 5.70. The van der Waals surface area contributed by atoms with E-state index in [1.807, 2.05) is 12.3 Å². The van der Waals surface area contributed by atoms with E-state index in [-0.39, 0.29) is 0 Å². The van der Waals surface area contributed by atoms with Crippen LogP contribution in [0.15, 0.2) is 29.0 Å². The quantitative estimate of drug-likeness (QED) is 0.271. The third-order valence-electron chi connectivity index (χ3n) is 7.34. The van der Waals surface area contributed by atoms with Crippen molar-refractivity contribution in [2.24, 2.45) is 23.2 Å². The van der Waals surface area contributed by atoms with Crippen LogP contribution >= 0.6 is 15.9 Å². The van der Waals surface area contributed by atoms with Gasteiger partial charge in [0.25, 0.3) is 0 Å². The average Bonchev–Trinajstić information content (AvgIpc) is 3.07. The first-order valence-electron chi connectivity index (χ1n) is 11.9. The Morgan fingerprint density at radius 1 is 0.828 bits per heavy atom. The molecule has 2 nitrogen and oxygen atoms in total. The number of aromatic nitrogens is 2. The van der Waals surface area contributed by atoms with Crippen molar-refractivity contribution in [3.8, 4) is 0 Å². The standard InChI is InChI=1S/C26H43BrN2/c1-20(2)26(21(3)4,22(5)6)16-12-10-8-7-9-11-13-18-29-19-15-23-24(27)14-17-28-25(23)29/h14-15,17,19-22H,7-13,16,18H2,1-6H3. The molecule has 0 amide bonds. The minimum atomic E-state index is 0.503. The van der Waals surface area contributed by atoms with E-state index in [0.717, 1.165) is 34.4 Å². The van der Waals surface area contributed by atoms with Crippen LogP contribution in [-0.4, -0.2) is 9.55 Å². The van der Waals surface area contributed by atoms with Crippen LogP contribution in [0.4, 0.5) is 0 Å². The van der Waals surface area contributed by atoms with Crippen LogP contribution in [0.2, 0.25) is 0 Å². The molecule has 164 valence electrons. The molecule has 0 spiro atoms. The van der Waals surface area contributed by atoms with E-state index >= 15 is 0 Å². The summed E-state index contributed by atoms with van der Waals surface area (Å²) in [6.07, 6.45) is 14.9. The number of hydrogen-bond acceptors (Lipinski definition) is 1. The van der Waals surface area contributed by atoms with Crippen molar-refractivity contribution in [3.05, 3.63) is 29.0 Å². The first kappa shape index (κ1) is 24.4. The average molecular weight is 464 g/mol. The topological polar surface area (TPSA) is 17.8 Å². The Kier molecular flexibility index (Phi) is 9.72. The normalized spacial score (nSPS) is 12.8. The number of halogens is 1. The third kappa shape index (κ3) is 6.09. The van der Waals surface area contributed by atoms with Gasteiger partial charge in [0.05, 0.1) is 0 Å². The van der Waals surface area contributed by atoms with E-state index in [0.29, 0.717) is 5.41 Å². The van der Waals surface area contributed by atoms with Gasteiger partial charge in [-0.15, -0.1) is 0 Å². The van der Waals surface area contributed by atoms with E-state index in [4.69, 9.17) is 0 Å². The number of rotatable bonds is 13. The molecule has 2 heterocycles. The van der Waals surface area contributed by atoms with E-state index in [1.165, 1.54) is 56.8 Å². The summed E-state index contributed by atoms with van der Waals surface area (Å²) in [7, 11) is 0. The molecule has 0 bridgehead atoms. The highest BCUT2D eigenvalue weighted by Crippen LogP contribution is 2.47. The van der Waals surface area contributed by atoms with Gasteiger partial charge < -0.3 is 4.57 Å². The van der Waals surface area contributed by atoms with Gasteiger partial charge in [-0.1, -0.05) is 80.1 Å². The number of hydrogen-bond donors (Lipinski definition) is 0. The van der Waals surface area contributed by atoms with Gasteiger partial charge in [-0.2, -0.15) is 0 Å². The Hall–Kier alpha value is -0.830. The Balaban J connectivity index is 1.63. The van der Waals surface area contributed by atoms with Gasteiger partial charge in [-0.3, -0.25) is 0 Å². The predicted molar refractivity (Wildman–Crippen MR) is 131 cm³/mol. The fraction of sp³-hybridized carbons (Fsp3) is 0.731. The minimum Gasteiger partial charge on any atom is -0.332 e. The summed E-state index contributed by atoms with van der Waals surface area (Å²) in [5, 5.41) is 1.22. The number of aryl methyl sites for hydroxylation is 1. The summed E-state index contributed by atoms with van der Waals surface area (Å²) in [6, 6.07) is 4.18. The van der Waals surface area contributed by atoms with Crippen molar-refractivity contribution in [2.45, 2.75) is 99.5 Å². The molecule has 0 saturated carbocycles. The zero-order valence-corrected chi connectivity index (χ0v) is 21.3. The molecule has 0 unspecified atom stereocenters. The summed E-state index contributed by atoms with van der Waals surface area (Å²) in [5.74, 6) is 2.30. The first-order valence-corrected chi connectivity index (χ1v) is 12.7. The molecule has 0 aliphatic rings. The van der Waals surface area contributed by atoms with Gasteiger partial charge in [0.2, 0.25) is 0 Å². The van der Waals surface area contributed by atoms with Crippen LogP contribution in [0.5, 0.6) is 0 Å². The van der Waals surface area contributed by atoms with E-state index in [2.05, 4.69) is 79.3 Å². The molecule has 0 aliphatic carbocycles. The van der Waals surface area contributed by atoms with Crippen molar-refractivity contribution in [1.29, 1.82) is 0 Å². The first-order chi connectivity index (χ1) is 13.8. The van der Waals surface area contributed by atoms with Gasteiger partial charge >= 0.3 is 0 Å². The van der Waals surface area contributed by atoms with E-state index in [9.17, 15) is 0 Å². The summed E-state index contributed by atoms with van der Waals surface area (Å²) in [4.78, 5) is 4.54. The molecule has 29 heavy (non-hydrogen) atoms. The van der Waals surface area contributed by atoms with E-state index < -0.39 is 0 Å². The molecule has 0 radical (unpaired) electrons. The molecule has 0 saturated heterocycles. The zero-order chi connectivity index (χ0) is 21.4. The van der Waals surface area contributed by atoms with Gasteiger partial charge in [-0.05, 0) is 64.1 Å². The van der Waals surface area contributed by atoms with Crippen molar-refractivity contribution in [2.75, 3.05) is 0 Å². The number of nitrogens with zero attached hydrogens (tertiary/aromatic N) is 2. The highest BCUT2D eigenvalue weighted by atomic mass is 79.9. The maximum atomic E-state index is 4.54. The van der Waals surface area contributed by atoms with Crippen LogP contribution in [0, 0.1) is 23.2 Å². The molecule has 0 aliphatic heterocycles. The smallest absolute Gasteiger partial charge is 0.140 e. The number of unbranched alkanes of at least 4 members (excludes halogenated alkanes) is 6. The lowest BCUT2D eigenvalue weighted by molar-refractivity contribution is 0.0356. The van der Waals surface area contributed by atoms with Crippen LogP contribution < -0.4 is 0 Å². The van der Waals surface area contributed by atoms with Crippen LogP contribution in [0.3, 0.4) is 0 Å². The lowest BCUT2D eigenvalue weighted by Crippen LogP contribution is -2.38. The monoisotopic (exact) mass is 462 g/mol.